The van der Waals surface area contributed by atoms with E-state index in [0.717, 1.165) is 58.9 Å². The normalized spacial score (nSPS) is 17.8. The van der Waals surface area contributed by atoms with E-state index >= 15 is 0 Å². The molecule has 0 amide bonds. The zero-order chi connectivity index (χ0) is 41.8. The van der Waals surface area contributed by atoms with Crippen molar-refractivity contribution in [2.75, 3.05) is 36.0 Å². The Morgan fingerprint density at radius 1 is 0.367 bits per heavy atom. The molecule has 0 bridgehead atoms. The molecule has 4 heteroatoms. The predicted octanol–water partition coefficient (Wildman–Crippen LogP) is 13.6. The maximum absolute atomic E-state index is 14.9. The van der Waals surface area contributed by atoms with Crippen LogP contribution in [0.1, 0.15) is 153 Å². The summed E-state index contributed by atoms with van der Waals surface area (Å²) in [5.74, 6) is -1.20. The number of hydrogen-bond acceptors (Lipinski definition) is 4. The molecule has 1 saturated carbocycles. The van der Waals surface area contributed by atoms with E-state index in [1.807, 2.05) is 0 Å². The van der Waals surface area contributed by atoms with Gasteiger partial charge in [-0.2, -0.15) is 0 Å². The molecule has 6 aromatic carbocycles. The van der Waals surface area contributed by atoms with E-state index in [2.05, 4.69) is 135 Å². The molecule has 0 unspecified atom stereocenters. The number of fused-ring (bicyclic) bond motifs is 4. The van der Waals surface area contributed by atoms with Crippen molar-refractivity contribution < 1.29 is 10.2 Å². The fraction of sp³-hybridized carbons (Fsp3) is 0.500. The Labute approximate surface area is 362 Å². The van der Waals surface area contributed by atoms with Crippen molar-refractivity contribution in [2.24, 2.45) is 0 Å². The van der Waals surface area contributed by atoms with Gasteiger partial charge < -0.3 is 20.0 Å². The first kappa shape index (κ1) is 44.0. The lowest BCUT2D eigenvalue weighted by atomic mass is 9.62. The molecule has 0 heterocycles. The van der Waals surface area contributed by atoms with Crippen molar-refractivity contribution in [3.05, 3.63) is 108 Å². The summed E-state index contributed by atoms with van der Waals surface area (Å²) in [6.45, 7) is 13.2. The Hall–Kier alpha value is -4.12. The third kappa shape index (κ3) is 9.82. The highest BCUT2D eigenvalue weighted by Gasteiger charge is 2.40. The van der Waals surface area contributed by atoms with E-state index in [-0.39, 0.29) is 0 Å². The number of benzene rings is 6. The molecule has 1 fully saturated rings. The molecule has 0 aromatic heterocycles. The Balaban J connectivity index is 1.26. The summed E-state index contributed by atoms with van der Waals surface area (Å²) in [4.78, 5) is 5.21. The van der Waals surface area contributed by atoms with Crippen LogP contribution in [-0.2, 0) is 0 Å². The van der Waals surface area contributed by atoms with E-state index in [0.29, 0.717) is 0 Å². The summed E-state index contributed by atoms with van der Waals surface area (Å²) >= 11 is 0. The molecule has 4 nitrogen and oxygen atoms in total. The van der Waals surface area contributed by atoms with Crippen LogP contribution >= 0.6 is 0 Å². The first-order valence-electron chi connectivity index (χ1n) is 24.2. The fourth-order valence-corrected chi connectivity index (χ4v) is 10.2. The summed E-state index contributed by atoms with van der Waals surface area (Å²) in [6.07, 6.45) is 17.5. The second kappa shape index (κ2) is 21.6. The van der Waals surface area contributed by atoms with E-state index in [9.17, 15) is 10.2 Å². The highest BCUT2D eigenvalue weighted by molar-refractivity contribution is 6.07. The summed E-state index contributed by atoms with van der Waals surface area (Å²) in [6, 6.07) is 35.2. The van der Waals surface area contributed by atoms with Crippen molar-refractivity contribution in [3.8, 4) is 0 Å². The molecule has 0 saturated heterocycles. The van der Waals surface area contributed by atoms with E-state index in [1.165, 1.54) is 136 Å². The van der Waals surface area contributed by atoms with Crippen LogP contribution in [0.5, 0.6) is 0 Å². The summed E-state index contributed by atoms with van der Waals surface area (Å²) in [7, 11) is 0. The number of rotatable bonds is 24. The number of nitrogens with zero attached hydrogens (tertiary/aromatic N) is 2. The molecule has 0 N–H and O–H groups in total. The molecule has 1 aliphatic rings. The largest absolute Gasteiger partial charge is 0.851 e. The van der Waals surface area contributed by atoms with Crippen LogP contribution in [0.2, 0.25) is 0 Å². The van der Waals surface area contributed by atoms with Crippen molar-refractivity contribution in [1.29, 1.82) is 0 Å². The second-order valence-electron chi connectivity index (χ2n) is 18.0. The molecule has 6 aromatic rings. The van der Waals surface area contributed by atoms with Crippen LogP contribution in [0.4, 0.5) is 11.4 Å². The van der Waals surface area contributed by atoms with Gasteiger partial charge in [-0.15, -0.1) is 12.2 Å². The molecular formula is C56H72N2O2-2. The van der Waals surface area contributed by atoms with Gasteiger partial charge in [0.2, 0.25) is 0 Å². The Morgan fingerprint density at radius 3 is 0.967 bits per heavy atom. The first-order valence-corrected chi connectivity index (χ1v) is 24.2. The van der Waals surface area contributed by atoms with Crippen LogP contribution < -0.4 is 20.0 Å². The lowest BCUT2D eigenvalue weighted by Gasteiger charge is -2.62. The van der Waals surface area contributed by atoms with Crippen LogP contribution in [0.3, 0.4) is 0 Å². The Kier molecular flexibility index (Phi) is 15.8. The highest BCUT2D eigenvalue weighted by Crippen LogP contribution is 2.51. The number of unbranched alkanes of at least 4 members (excludes halogenated alkanes) is 12. The standard InChI is InChI=1S/C56H72N2O2/c1-5-9-13-21-33-57(34-22-14-10-6-2)51-31-29-45(47-37-41-25-17-19-27-43(41)39-49(47)51)53-55(59)54(56(53)60)46-30-32-52(50-40-44-28-20-18-26-42(44)38-48(46)50)58(35-23-15-11-7-3)36-24-16-12-8-4/h17-20,25-32,37-40,53-56H,5-16,21-24,33-36H2,1-4H3/q-2. The second-order valence-corrected chi connectivity index (χ2v) is 18.0. The lowest BCUT2D eigenvalue weighted by Crippen LogP contribution is -2.63. The number of anilines is 2. The molecule has 60 heavy (non-hydrogen) atoms. The predicted molar refractivity (Wildman–Crippen MR) is 257 cm³/mol. The van der Waals surface area contributed by atoms with Gasteiger partial charge in [0.15, 0.2) is 0 Å². The molecule has 0 atom stereocenters. The third-order valence-electron chi connectivity index (χ3n) is 13.7. The highest BCUT2D eigenvalue weighted by atomic mass is 16.3. The van der Waals surface area contributed by atoms with Gasteiger partial charge in [0.05, 0.1) is 0 Å². The van der Waals surface area contributed by atoms with Gasteiger partial charge in [0.1, 0.15) is 0 Å². The third-order valence-corrected chi connectivity index (χ3v) is 13.7. The molecule has 7 rings (SSSR count). The SMILES string of the molecule is CCCCCCN(CCCCCC)c1ccc(C2C([O-])C(c3ccc(N(CCCCCC)CCCCCC)c4cc5ccccc5cc34)C2[O-])c2cc3ccccc3cc12. The smallest absolute Gasteiger partial charge is 0.0446 e. The van der Waals surface area contributed by atoms with Gasteiger partial charge in [-0.1, -0.05) is 165 Å². The van der Waals surface area contributed by atoms with Crippen molar-refractivity contribution >= 4 is 54.5 Å². The van der Waals surface area contributed by atoms with Gasteiger partial charge in [-0.05, 0) is 117 Å². The van der Waals surface area contributed by atoms with Crippen LogP contribution in [0, 0.1) is 0 Å². The van der Waals surface area contributed by atoms with E-state index < -0.39 is 24.0 Å². The molecule has 0 aliphatic heterocycles. The quantitative estimate of drug-likeness (QED) is 0.0452. The van der Waals surface area contributed by atoms with Gasteiger partial charge in [-0.3, -0.25) is 0 Å². The van der Waals surface area contributed by atoms with E-state index in [1.54, 1.807) is 0 Å². The average molecular weight is 805 g/mol. The van der Waals surface area contributed by atoms with Gasteiger partial charge in [0, 0.05) is 48.3 Å². The molecule has 1 aliphatic carbocycles. The van der Waals surface area contributed by atoms with Crippen LogP contribution in [0.25, 0.3) is 43.1 Å². The monoisotopic (exact) mass is 805 g/mol. The summed E-state index contributed by atoms with van der Waals surface area (Å²) < 4.78 is 0. The Bertz CT molecular complexity index is 2090. The lowest BCUT2D eigenvalue weighted by molar-refractivity contribution is -0.535. The molecular weight excluding hydrogens is 733 g/mol. The Morgan fingerprint density at radius 2 is 0.667 bits per heavy atom. The maximum Gasteiger partial charge on any atom is 0.0446 e. The van der Waals surface area contributed by atoms with E-state index in [4.69, 9.17) is 0 Å². The van der Waals surface area contributed by atoms with Crippen LogP contribution in [-0.4, -0.2) is 38.4 Å². The van der Waals surface area contributed by atoms with Crippen molar-refractivity contribution in [3.63, 3.8) is 0 Å². The topological polar surface area (TPSA) is 52.6 Å². The minimum absolute atomic E-state index is 0.598. The minimum Gasteiger partial charge on any atom is -0.851 e. The number of hydrogen-bond donors (Lipinski definition) is 0. The maximum atomic E-state index is 14.9. The van der Waals surface area contributed by atoms with Crippen LogP contribution in [0.15, 0.2) is 97.1 Å². The van der Waals surface area contributed by atoms with Crippen molar-refractivity contribution in [1.82, 2.24) is 0 Å². The fourth-order valence-electron chi connectivity index (χ4n) is 10.2. The summed E-state index contributed by atoms with van der Waals surface area (Å²) in [5.41, 5.74) is 4.36. The summed E-state index contributed by atoms with van der Waals surface area (Å²) in [5, 5.41) is 39.0. The molecule has 0 spiro atoms. The molecule has 0 radical (unpaired) electrons. The minimum atomic E-state index is -1.02. The zero-order valence-corrected chi connectivity index (χ0v) is 37.4. The van der Waals surface area contributed by atoms with Gasteiger partial charge in [0.25, 0.3) is 0 Å². The van der Waals surface area contributed by atoms with Crippen molar-refractivity contribution in [2.45, 2.75) is 154 Å². The zero-order valence-electron chi connectivity index (χ0n) is 37.4. The first-order chi connectivity index (χ1) is 29.5. The van der Waals surface area contributed by atoms with Gasteiger partial charge >= 0.3 is 0 Å². The molecule has 320 valence electrons. The van der Waals surface area contributed by atoms with Gasteiger partial charge in [-0.25, -0.2) is 0 Å². The average Bonchev–Trinajstić information content (AvgIpc) is 3.27.